The molecule has 3 rings (SSSR count). The van der Waals surface area contributed by atoms with Crippen LogP contribution in [0.3, 0.4) is 0 Å². The fraction of sp³-hybridized carbons (Fsp3) is 0.500. The highest BCUT2D eigenvalue weighted by Gasteiger charge is 2.33. The minimum absolute atomic E-state index is 0.0457. The Hall–Kier alpha value is -1.73. The zero-order valence-corrected chi connectivity index (χ0v) is 11.7. The molecule has 0 radical (unpaired) electrons. The van der Waals surface area contributed by atoms with Crippen LogP contribution in [0.15, 0.2) is 12.4 Å². The first kappa shape index (κ1) is 13.3. The van der Waals surface area contributed by atoms with Crippen LogP contribution >= 0.6 is 11.6 Å². The number of aliphatic hydroxyl groups excluding tert-OH is 1. The number of fused-ring (bicyclic) bond motifs is 1. The summed E-state index contributed by atoms with van der Waals surface area (Å²) in [7, 11) is 0. The number of halogens is 1. The lowest BCUT2D eigenvalue weighted by Crippen LogP contribution is -2.37. The van der Waals surface area contributed by atoms with E-state index in [4.69, 9.17) is 11.6 Å². The van der Waals surface area contributed by atoms with Crippen LogP contribution in [0.25, 0.3) is 11.0 Å². The fourth-order valence-electron chi connectivity index (χ4n) is 2.63. The molecule has 3 heterocycles. The van der Waals surface area contributed by atoms with Crippen molar-refractivity contribution in [2.24, 2.45) is 0 Å². The number of hydrogen-bond acceptors (Lipinski definition) is 5. The second-order valence-corrected chi connectivity index (χ2v) is 5.30. The Balaban J connectivity index is 1.89. The van der Waals surface area contributed by atoms with E-state index in [1.54, 1.807) is 22.0 Å². The number of amides is 1. The molecule has 2 aromatic rings. The lowest BCUT2D eigenvalue weighted by molar-refractivity contribution is -0.130. The van der Waals surface area contributed by atoms with Crippen molar-refractivity contribution >= 4 is 28.5 Å². The SMILES string of the molecule is CC(=O)N1C[C@@H](O)C[C@H]1Cn1ncc2cnc(Cl)nc21. The molecule has 1 saturated heterocycles. The Morgan fingerprint density at radius 1 is 1.55 bits per heavy atom. The quantitative estimate of drug-likeness (QED) is 0.814. The van der Waals surface area contributed by atoms with Gasteiger partial charge in [0.15, 0.2) is 5.65 Å². The van der Waals surface area contributed by atoms with E-state index < -0.39 is 6.10 Å². The summed E-state index contributed by atoms with van der Waals surface area (Å²) in [5.74, 6) is -0.0457. The van der Waals surface area contributed by atoms with Gasteiger partial charge in [-0.05, 0) is 18.0 Å². The molecule has 7 nitrogen and oxygen atoms in total. The van der Waals surface area contributed by atoms with Gasteiger partial charge in [0.05, 0.1) is 30.3 Å². The number of β-amino-alcohol motifs (C(OH)–C–C–N with tert-alkyl or cyclic N) is 1. The van der Waals surface area contributed by atoms with Crippen molar-refractivity contribution in [2.45, 2.75) is 32.0 Å². The van der Waals surface area contributed by atoms with E-state index in [-0.39, 0.29) is 17.2 Å². The second kappa shape index (κ2) is 4.99. The molecule has 2 atom stereocenters. The second-order valence-electron chi connectivity index (χ2n) is 4.96. The third-order valence-electron chi connectivity index (χ3n) is 3.53. The third-order valence-corrected chi connectivity index (χ3v) is 3.71. The normalized spacial score (nSPS) is 22.6. The van der Waals surface area contributed by atoms with E-state index in [9.17, 15) is 9.90 Å². The number of aliphatic hydroxyl groups is 1. The van der Waals surface area contributed by atoms with Gasteiger partial charge in [0.1, 0.15) is 0 Å². The first-order valence-electron chi connectivity index (χ1n) is 6.34. The van der Waals surface area contributed by atoms with Gasteiger partial charge in [0.25, 0.3) is 0 Å². The van der Waals surface area contributed by atoms with Crippen LogP contribution in [-0.4, -0.2) is 54.4 Å². The van der Waals surface area contributed by atoms with E-state index in [0.29, 0.717) is 25.2 Å². The molecule has 1 amide bonds. The highest BCUT2D eigenvalue weighted by Crippen LogP contribution is 2.21. The van der Waals surface area contributed by atoms with E-state index in [0.717, 1.165) is 5.39 Å². The molecule has 8 heteroatoms. The van der Waals surface area contributed by atoms with E-state index in [2.05, 4.69) is 15.1 Å². The number of hydrogen-bond donors (Lipinski definition) is 1. The van der Waals surface area contributed by atoms with Gasteiger partial charge in [-0.3, -0.25) is 4.79 Å². The van der Waals surface area contributed by atoms with Crippen LogP contribution in [0, 0.1) is 0 Å². The van der Waals surface area contributed by atoms with Gasteiger partial charge in [-0.2, -0.15) is 10.1 Å². The molecular formula is C12H14ClN5O2. The molecule has 1 aliphatic heterocycles. The zero-order valence-electron chi connectivity index (χ0n) is 10.9. The van der Waals surface area contributed by atoms with E-state index >= 15 is 0 Å². The van der Waals surface area contributed by atoms with Crippen LogP contribution in [0.5, 0.6) is 0 Å². The molecule has 0 saturated carbocycles. The van der Waals surface area contributed by atoms with Crippen molar-refractivity contribution in [1.82, 2.24) is 24.6 Å². The molecule has 1 aliphatic rings. The third kappa shape index (κ3) is 2.34. The molecule has 0 aliphatic carbocycles. The highest BCUT2D eigenvalue weighted by molar-refractivity contribution is 6.28. The minimum Gasteiger partial charge on any atom is -0.391 e. The predicted octanol–water partition coefficient (Wildman–Crippen LogP) is 0.461. The largest absolute Gasteiger partial charge is 0.391 e. The number of nitrogens with zero attached hydrogens (tertiary/aromatic N) is 5. The number of aromatic nitrogens is 4. The lowest BCUT2D eigenvalue weighted by Gasteiger charge is -2.22. The summed E-state index contributed by atoms with van der Waals surface area (Å²) < 4.78 is 1.70. The maximum atomic E-state index is 11.6. The highest BCUT2D eigenvalue weighted by atomic mass is 35.5. The molecule has 0 spiro atoms. The van der Waals surface area contributed by atoms with Crippen molar-refractivity contribution < 1.29 is 9.90 Å². The first-order valence-corrected chi connectivity index (χ1v) is 6.71. The Morgan fingerprint density at radius 2 is 2.35 bits per heavy atom. The molecule has 0 bridgehead atoms. The van der Waals surface area contributed by atoms with E-state index in [1.165, 1.54) is 6.92 Å². The molecule has 0 unspecified atom stereocenters. The maximum absolute atomic E-state index is 11.6. The summed E-state index contributed by atoms with van der Waals surface area (Å²) in [6.45, 7) is 2.35. The molecule has 1 N–H and O–H groups in total. The van der Waals surface area contributed by atoms with Gasteiger partial charge in [-0.15, -0.1) is 0 Å². The zero-order chi connectivity index (χ0) is 14.3. The molecule has 106 valence electrons. The van der Waals surface area contributed by atoms with Crippen LogP contribution in [0.2, 0.25) is 5.28 Å². The summed E-state index contributed by atoms with van der Waals surface area (Å²) in [4.78, 5) is 21.3. The summed E-state index contributed by atoms with van der Waals surface area (Å²) in [5.41, 5.74) is 0.634. The number of carbonyl (C=O) groups excluding carboxylic acids is 1. The van der Waals surface area contributed by atoms with Crippen LogP contribution in [0.1, 0.15) is 13.3 Å². The average molecular weight is 296 g/mol. The number of carbonyl (C=O) groups is 1. The summed E-state index contributed by atoms with van der Waals surface area (Å²) in [6, 6.07) is -0.0839. The summed E-state index contributed by atoms with van der Waals surface area (Å²) in [5, 5.41) is 14.9. The minimum atomic E-state index is -0.482. The summed E-state index contributed by atoms with van der Waals surface area (Å²) in [6.07, 6.45) is 3.33. The maximum Gasteiger partial charge on any atom is 0.224 e. The molecule has 2 aromatic heterocycles. The molecule has 1 fully saturated rings. The fourth-order valence-corrected chi connectivity index (χ4v) is 2.76. The van der Waals surface area contributed by atoms with Crippen molar-refractivity contribution in [3.8, 4) is 0 Å². The van der Waals surface area contributed by atoms with Gasteiger partial charge < -0.3 is 10.0 Å². The Morgan fingerprint density at radius 3 is 3.10 bits per heavy atom. The Bertz CT molecular complexity index is 658. The van der Waals surface area contributed by atoms with Crippen molar-refractivity contribution in [3.63, 3.8) is 0 Å². The van der Waals surface area contributed by atoms with Crippen molar-refractivity contribution in [1.29, 1.82) is 0 Å². The standard InChI is InChI=1S/C12H14ClN5O2/c1-7(19)17-6-10(20)2-9(17)5-18-11-8(4-15-18)3-14-12(13)16-11/h3-4,9-10,20H,2,5-6H2,1H3/t9-,10-/m0/s1. The first-order chi connectivity index (χ1) is 9.54. The molecule has 20 heavy (non-hydrogen) atoms. The Labute approximate surface area is 120 Å². The summed E-state index contributed by atoms with van der Waals surface area (Å²) >= 11 is 5.80. The monoisotopic (exact) mass is 295 g/mol. The average Bonchev–Trinajstić information content (AvgIpc) is 2.94. The van der Waals surface area contributed by atoms with Crippen molar-refractivity contribution in [2.75, 3.05) is 6.54 Å². The van der Waals surface area contributed by atoms with Gasteiger partial charge in [0.2, 0.25) is 11.2 Å². The van der Waals surface area contributed by atoms with Gasteiger partial charge in [0, 0.05) is 19.7 Å². The van der Waals surface area contributed by atoms with Crippen molar-refractivity contribution in [3.05, 3.63) is 17.7 Å². The van der Waals surface area contributed by atoms with Crippen LogP contribution < -0.4 is 0 Å². The van der Waals surface area contributed by atoms with Crippen LogP contribution in [-0.2, 0) is 11.3 Å². The Kier molecular flexibility index (Phi) is 3.31. The molecular weight excluding hydrogens is 282 g/mol. The smallest absolute Gasteiger partial charge is 0.224 e. The van der Waals surface area contributed by atoms with E-state index in [1.807, 2.05) is 0 Å². The van der Waals surface area contributed by atoms with Crippen LogP contribution in [0.4, 0.5) is 0 Å². The lowest BCUT2D eigenvalue weighted by atomic mass is 10.2. The number of rotatable bonds is 2. The van der Waals surface area contributed by atoms with Gasteiger partial charge in [-0.1, -0.05) is 0 Å². The predicted molar refractivity (Wildman–Crippen MR) is 72.1 cm³/mol. The van der Waals surface area contributed by atoms with Gasteiger partial charge in [-0.25, -0.2) is 9.67 Å². The topological polar surface area (TPSA) is 84.1 Å². The number of likely N-dealkylation sites (tertiary alicyclic amines) is 1. The molecule has 0 aromatic carbocycles. The van der Waals surface area contributed by atoms with Gasteiger partial charge >= 0.3 is 0 Å².